The number of halogens is 5. The van der Waals surface area contributed by atoms with Gasteiger partial charge in [-0.15, -0.1) is 0 Å². The van der Waals surface area contributed by atoms with Crippen molar-refractivity contribution in [3.8, 4) is 11.1 Å². The van der Waals surface area contributed by atoms with Crippen molar-refractivity contribution in [2.75, 3.05) is 18.1 Å². The van der Waals surface area contributed by atoms with Crippen molar-refractivity contribution in [1.82, 2.24) is 9.55 Å². The smallest absolute Gasteiger partial charge is 0.396 e. The first kappa shape index (κ1) is 19.2. The maximum Gasteiger partial charge on any atom is 0.406 e. The predicted octanol–water partition coefficient (Wildman–Crippen LogP) is 4.15. The first-order valence-corrected chi connectivity index (χ1v) is 8.43. The van der Waals surface area contributed by atoms with Crippen LogP contribution in [0.15, 0.2) is 39.7 Å². The van der Waals surface area contributed by atoms with Crippen molar-refractivity contribution < 1.29 is 17.6 Å². The highest BCUT2D eigenvalue weighted by Gasteiger charge is 2.30. The molecule has 0 aliphatic rings. The van der Waals surface area contributed by atoms with Crippen molar-refractivity contribution in [3.05, 3.63) is 51.1 Å². The van der Waals surface area contributed by atoms with Crippen LogP contribution in [0.5, 0.6) is 0 Å². The highest BCUT2D eigenvalue weighted by molar-refractivity contribution is 9.10. The van der Waals surface area contributed by atoms with E-state index in [9.17, 15) is 22.4 Å². The molecule has 2 aromatic heterocycles. The number of rotatable bonds is 3. The average molecular weight is 445 g/mol. The van der Waals surface area contributed by atoms with Crippen molar-refractivity contribution in [3.63, 3.8) is 0 Å². The van der Waals surface area contributed by atoms with E-state index in [1.807, 2.05) is 0 Å². The SMILES string of the molecule is CNc1cc2c(cn1)cc(-c1cc(N)c(F)cc1Br)c(=O)n2CC(F)(F)F. The van der Waals surface area contributed by atoms with E-state index in [1.54, 1.807) is 7.05 Å². The first-order chi connectivity index (χ1) is 12.6. The topological polar surface area (TPSA) is 72.9 Å². The fourth-order valence-corrected chi connectivity index (χ4v) is 3.24. The lowest BCUT2D eigenvalue weighted by Crippen LogP contribution is -2.29. The Hall–Kier alpha value is -2.62. The predicted molar refractivity (Wildman–Crippen MR) is 99.1 cm³/mol. The molecule has 3 N–H and O–H groups in total. The number of benzene rings is 1. The number of pyridine rings is 2. The van der Waals surface area contributed by atoms with E-state index in [0.29, 0.717) is 15.8 Å². The molecule has 27 heavy (non-hydrogen) atoms. The molecule has 3 rings (SSSR count). The molecule has 0 bridgehead atoms. The third-order valence-electron chi connectivity index (χ3n) is 3.95. The molecule has 0 saturated carbocycles. The minimum Gasteiger partial charge on any atom is -0.396 e. The Morgan fingerprint density at radius 3 is 2.56 bits per heavy atom. The lowest BCUT2D eigenvalue weighted by atomic mass is 10.0. The lowest BCUT2D eigenvalue weighted by molar-refractivity contribution is -0.140. The molecule has 0 radical (unpaired) electrons. The van der Waals surface area contributed by atoms with Gasteiger partial charge in [0.05, 0.1) is 11.2 Å². The van der Waals surface area contributed by atoms with Gasteiger partial charge in [0.15, 0.2) is 0 Å². The molecule has 10 heteroatoms. The molecule has 2 heterocycles. The zero-order valence-corrected chi connectivity index (χ0v) is 15.4. The van der Waals surface area contributed by atoms with Crippen LogP contribution in [0.3, 0.4) is 0 Å². The maximum absolute atomic E-state index is 13.6. The molecule has 0 fully saturated rings. The first-order valence-electron chi connectivity index (χ1n) is 7.63. The summed E-state index contributed by atoms with van der Waals surface area (Å²) in [6.45, 7) is -1.47. The lowest BCUT2D eigenvalue weighted by Gasteiger charge is -2.16. The second kappa shape index (κ2) is 6.84. The minimum atomic E-state index is -4.61. The molecular formula is C17H13BrF4N4O. The van der Waals surface area contributed by atoms with Crippen LogP contribution in [0.4, 0.5) is 29.1 Å². The number of nitrogens with zero attached hydrogens (tertiary/aromatic N) is 2. The van der Waals surface area contributed by atoms with Crippen LogP contribution >= 0.6 is 15.9 Å². The molecule has 0 aliphatic carbocycles. The number of anilines is 2. The van der Waals surface area contributed by atoms with E-state index in [0.717, 1.165) is 6.07 Å². The van der Waals surface area contributed by atoms with Crippen molar-refractivity contribution in [2.45, 2.75) is 12.7 Å². The van der Waals surface area contributed by atoms with Gasteiger partial charge in [-0.3, -0.25) is 9.36 Å². The van der Waals surface area contributed by atoms with E-state index in [2.05, 4.69) is 26.2 Å². The van der Waals surface area contributed by atoms with Gasteiger partial charge in [-0.2, -0.15) is 13.2 Å². The van der Waals surface area contributed by atoms with E-state index in [4.69, 9.17) is 5.73 Å². The highest BCUT2D eigenvalue weighted by Crippen LogP contribution is 2.32. The Labute approximate surface area is 158 Å². The van der Waals surface area contributed by atoms with E-state index >= 15 is 0 Å². The summed E-state index contributed by atoms with van der Waals surface area (Å²) in [5, 5.41) is 3.05. The van der Waals surface area contributed by atoms with Gasteiger partial charge in [0.1, 0.15) is 18.2 Å². The summed E-state index contributed by atoms with van der Waals surface area (Å²) < 4.78 is 53.7. The number of hydrogen-bond donors (Lipinski definition) is 2. The summed E-state index contributed by atoms with van der Waals surface area (Å²) in [5.74, 6) is -0.389. The van der Waals surface area contributed by atoms with Crippen LogP contribution in [0.1, 0.15) is 0 Å². The van der Waals surface area contributed by atoms with Crippen LogP contribution in [0, 0.1) is 5.82 Å². The maximum atomic E-state index is 13.6. The second-order valence-corrected chi connectivity index (χ2v) is 6.65. The number of alkyl halides is 3. The monoisotopic (exact) mass is 444 g/mol. The zero-order chi connectivity index (χ0) is 19.9. The molecule has 142 valence electrons. The van der Waals surface area contributed by atoms with E-state index in [1.165, 1.54) is 24.4 Å². The number of hydrogen-bond acceptors (Lipinski definition) is 4. The second-order valence-electron chi connectivity index (χ2n) is 5.80. The number of aromatic nitrogens is 2. The Morgan fingerprint density at radius 1 is 1.22 bits per heavy atom. The Balaban J connectivity index is 2.37. The summed E-state index contributed by atoms with van der Waals surface area (Å²) in [6.07, 6.45) is -3.25. The molecule has 0 spiro atoms. The summed E-state index contributed by atoms with van der Waals surface area (Å²) in [4.78, 5) is 17.0. The normalized spacial score (nSPS) is 11.8. The largest absolute Gasteiger partial charge is 0.406 e. The molecule has 1 aromatic carbocycles. The van der Waals surface area contributed by atoms with E-state index in [-0.39, 0.29) is 26.8 Å². The zero-order valence-electron chi connectivity index (χ0n) is 13.9. The number of nitrogens with two attached hydrogens (primary N) is 1. The van der Waals surface area contributed by atoms with Crippen molar-refractivity contribution >= 4 is 38.3 Å². The quantitative estimate of drug-likeness (QED) is 0.470. The van der Waals surface area contributed by atoms with Crippen LogP contribution in [0.25, 0.3) is 22.0 Å². The molecular weight excluding hydrogens is 432 g/mol. The Bertz CT molecular complexity index is 1090. The highest BCUT2D eigenvalue weighted by atomic mass is 79.9. The number of fused-ring (bicyclic) bond motifs is 1. The van der Waals surface area contributed by atoms with E-state index < -0.39 is 24.1 Å². The molecule has 0 atom stereocenters. The molecule has 5 nitrogen and oxygen atoms in total. The Kier molecular flexibility index (Phi) is 4.85. The molecule has 0 saturated heterocycles. The third kappa shape index (κ3) is 3.75. The molecule has 0 amide bonds. The number of nitrogen functional groups attached to an aromatic ring is 1. The van der Waals surface area contributed by atoms with Crippen molar-refractivity contribution in [2.24, 2.45) is 0 Å². The van der Waals surface area contributed by atoms with Gasteiger partial charge in [0.25, 0.3) is 5.56 Å². The Morgan fingerprint density at radius 2 is 1.93 bits per heavy atom. The van der Waals surface area contributed by atoms with Crippen LogP contribution in [-0.4, -0.2) is 22.8 Å². The fourth-order valence-electron chi connectivity index (χ4n) is 2.71. The van der Waals surface area contributed by atoms with Gasteiger partial charge < -0.3 is 11.1 Å². The van der Waals surface area contributed by atoms with Gasteiger partial charge in [-0.25, -0.2) is 9.37 Å². The summed E-state index contributed by atoms with van der Waals surface area (Å²) >= 11 is 3.13. The van der Waals surface area contributed by atoms with Gasteiger partial charge in [0.2, 0.25) is 0 Å². The number of nitrogens with one attached hydrogen (secondary N) is 1. The summed E-state index contributed by atoms with van der Waals surface area (Å²) in [7, 11) is 1.56. The minimum absolute atomic E-state index is 0.0515. The van der Waals surface area contributed by atoms with Crippen LogP contribution < -0.4 is 16.6 Å². The van der Waals surface area contributed by atoms with Gasteiger partial charge in [0, 0.05) is 40.3 Å². The molecule has 0 unspecified atom stereocenters. The standard InChI is InChI=1S/C17H13BrF4N4O/c1-24-15-5-14-8(6-25-15)2-10(16(27)26(14)7-17(20,21)22)9-3-13(23)12(19)4-11(9)18/h2-6H,7,23H2,1H3,(H,24,25). The van der Waals surface area contributed by atoms with Crippen LogP contribution in [0.2, 0.25) is 0 Å². The molecule has 0 aliphatic heterocycles. The van der Waals surface area contributed by atoms with Gasteiger partial charge in [-0.1, -0.05) is 15.9 Å². The van der Waals surface area contributed by atoms with Gasteiger partial charge >= 0.3 is 6.18 Å². The van der Waals surface area contributed by atoms with Crippen molar-refractivity contribution in [1.29, 1.82) is 0 Å². The summed E-state index contributed by atoms with van der Waals surface area (Å²) in [6, 6.07) is 5.04. The van der Waals surface area contributed by atoms with Gasteiger partial charge in [-0.05, 0) is 18.2 Å². The molecule has 3 aromatic rings. The fraction of sp³-hybridized carbons (Fsp3) is 0.176. The van der Waals surface area contributed by atoms with Crippen LogP contribution in [-0.2, 0) is 6.54 Å². The average Bonchev–Trinajstić information content (AvgIpc) is 2.59. The summed E-state index contributed by atoms with van der Waals surface area (Å²) in [5.41, 5.74) is 4.68. The third-order valence-corrected chi connectivity index (χ3v) is 4.60.